The molecule has 118 valence electrons. The second-order valence-electron chi connectivity index (χ2n) is 5.77. The van der Waals surface area contributed by atoms with Crippen LogP contribution in [0.3, 0.4) is 0 Å². The zero-order valence-electron chi connectivity index (χ0n) is 12.6. The molecule has 7 heteroatoms. The number of thiophene rings is 1. The summed E-state index contributed by atoms with van der Waals surface area (Å²) in [6.07, 6.45) is 3.20. The molecule has 2 unspecified atom stereocenters. The Hall–Kier alpha value is -1.73. The van der Waals surface area contributed by atoms with Crippen LogP contribution in [0, 0.1) is 5.92 Å². The van der Waals surface area contributed by atoms with Crippen LogP contribution >= 0.6 is 11.3 Å². The van der Waals surface area contributed by atoms with E-state index < -0.39 is 0 Å². The van der Waals surface area contributed by atoms with Crippen LogP contribution < -0.4 is 0 Å². The van der Waals surface area contributed by atoms with Gasteiger partial charge in [-0.1, -0.05) is 11.3 Å². The minimum absolute atomic E-state index is 0.0946. The standard InChI is InChI=1S/C15H20N4O2S/c1-11(20)12-4-2-6-18(8-12)15(21)14-10-19(17-16-14)9-13-5-3-7-22-13/h3,5,7,10-12,20H,2,4,6,8-9H2,1H3. The summed E-state index contributed by atoms with van der Waals surface area (Å²) in [6, 6.07) is 4.03. The first kappa shape index (κ1) is 15.2. The number of hydrogen-bond donors (Lipinski definition) is 1. The van der Waals surface area contributed by atoms with Crippen molar-refractivity contribution in [3.05, 3.63) is 34.3 Å². The lowest BCUT2D eigenvalue weighted by atomic mass is 9.93. The van der Waals surface area contributed by atoms with Gasteiger partial charge in [-0.25, -0.2) is 4.68 Å². The normalized spacial score (nSPS) is 20.1. The summed E-state index contributed by atoms with van der Waals surface area (Å²) in [5, 5.41) is 19.8. The van der Waals surface area contributed by atoms with E-state index in [1.807, 2.05) is 17.5 Å². The lowest BCUT2D eigenvalue weighted by Gasteiger charge is -2.33. The molecule has 0 aromatic carbocycles. The van der Waals surface area contributed by atoms with Gasteiger partial charge in [0, 0.05) is 23.9 Å². The molecule has 1 saturated heterocycles. The summed E-state index contributed by atoms with van der Waals surface area (Å²) in [5.41, 5.74) is 0.378. The van der Waals surface area contributed by atoms with E-state index >= 15 is 0 Å². The number of aliphatic hydroxyl groups excluding tert-OH is 1. The van der Waals surface area contributed by atoms with Crippen LogP contribution in [0.5, 0.6) is 0 Å². The van der Waals surface area contributed by atoms with Crippen LogP contribution in [-0.2, 0) is 6.54 Å². The van der Waals surface area contributed by atoms with Crippen molar-refractivity contribution in [1.82, 2.24) is 19.9 Å². The SMILES string of the molecule is CC(O)C1CCCN(C(=O)c2cn(Cc3cccs3)nn2)C1. The molecular weight excluding hydrogens is 300 g/mol. The van der Waals surface area contributed by atoms with Gasteiger partial charge < -0.3 is 10.0 Å². The number of likely N-dealkylation sites (tertiary alicyclic amines) is 1. The fraction of sp³-hybridized carbons (Fsp3) is 0.533. The number of rotatable bonds is 4. The van der Waals surface area contributed by atoms with Gasteiger partial charge in [0.25, 0.3) is 5.91 Å². The van der Waals surface area contributed by atoms with E-state index in [-0.39, 0.29) is 17.9 Å². The Morgan fingerprint density at radius 2 is 2.45 bits per heavy atom. The summed E-state index contributed by atoms with van der Waals surface area (Å²) in [7, 11) is 0. The van der Waals surface area contributed by atoms with Gasteiger partial charge in [0.05, 0.1) is 18.8 Å². The van der Waals surface area contributed by atoms with Gasteiger partial charge in [0.1, 0.15) is 0 Å². The largest absolute Gasteiger partial charge is 0.393 e. The predicted octanol–water partition coefficient (Wildman–Crippen LogP) is 1.62. The molecule has 2 aromatic heterocycles. The quantitative estimate of drug-likeness (QED) is 0.929. The molecule has 2 atom stereocenters. The number of piperidine rings is 1. The lowest BCUT2D eigenvalue weighted by molar-refractivity contribution is 0.0461. The molecule has 0 radical (unpaired) electrons. The average Bonchev–Trinajstić information content (AvgIpc) is 3.19. The molecule has 3 rings (SSSR count). The van der Waals surface area contributed by atoms with Crippen molar-refractivity contribution in [2.75, 3.05) is 13.1 Å². The molecule has 0 bridgehead atoms. The maximum Gasteiger partial charge on any atom is 0.276 e. The first-order valence-electron chi connectivity index (χ1n) is 7.53. The van der Waals surface area contributed by atoms with E-state index in [0.717, 1.165) is 19.4 Å². The first-order chi connectivity index (χ1) is 10.6. The monoisotopic (exact) mass is 320 g/mol. The molecule has 0 saturated carbocycles. The smallest absolute Gasteiger partial charge is 0.276 e. The number of amides is 1. The van der Waals surface area contributed by atoms with Gasteiger partial charge in [0.2, 0.25) is 0 Å². The van der Waals surface area contributed by atoms with Crippen molar-refractivity contribution >= 4 is 17.2 Å². The predicted molar refractivity (Wildman–Crippen MR) is 83.8 cm³/mol. The fourth-order valence-corrected chi connectivity index (χ4v) is 3.48. The molecule has 3 heterocycles. The van der Waals surface area contributed by atoms with Crippen molar-refractivity contribution in [2.24, 2.45) is 5.92 Å². The van der Waals surface area contributed by atoms with Gasteiger partial charge in [-0.2, -0.15) is 0 Å². The molecule has 1 fully saturated rings. The average molecular weight is 320 g/mol. The fourth-order valence-electron chi connectivity index (χ4n) is 2.79. The Kier molecular flexibility index (Phi) is 4.54. The number of aromatic nitrogens is 3. The molecule has 1 aliphatic rings. The lowest BCUT2D eigenvalue weighted by Crippen LogP contribution is -2.43. The van der Waals surface area contributed by atoms with Crippen LogP contribution in [0.15, 0.2) is 23.7 Å². The molecule has 1 N–H and O–H groups in total. The van der Waals surface area contributed by atoms with Crippen LogP contribution in [0.25, 0.3) is 0 Å². The Balaban J connectivity index is 1.66. The Morgan fingerprint density at radius 1 is 1.59 bits per heavy atom. The number of carbonyl (C=O) groups excluding carboxylic acids is 1. The van der Waals surface area contributed by atoms with Crippen LogP contribution in [0.4, 0.5) is 0 Å². The Labute approximate surface area is 133 Å². The highest BCUT2D eigenvalue weighted by Crippen LogP contribution is 2.21. The molecule has 22 heavy (non-hydrogen) atoms. The molecular formula is C15H20N4O2S. The van der Waals surface area contributed by atoms with Gasteiger partial charge in [0.15, 0.2) is 5.69 Å². The summed E-state index contributed by atoms with van der Waals surface area (Å²) < 4.78 is 1.69. The van der Waals surface area contributed by atoms with Crippen LogP contribution in [-0.4, -0.2) is 50.1 Å². The maximum absolute atomic E-state index is 12.5. The summed E-state index contributed by atoms with van der Waals surface area (Å²) >= 11 is 1.66. The maximum atomic E-state index is 12.5. The van der Waals surface area contributed by atoms with E-state index in [1.54, 1.807) is 34.0 Å². The topological polar surface area (TPSA) is 71.2 Å². The summed E-state index contributed by atoms with van der Waals surface area (Å²) in [5.74, 6) is 0.0571. The van der Waals surface area contributed by atoms with Gasteiger partial charge in [-0.05, 0) is 31.2 Å². The van der Waals surface area contributed by atoms with Crippen molar-refractivity contribution in [1.29, 1.82) is 0 Å². The summed E-state index contributed by atoms with van der Waals surface area (Å²) in [4.78, 5) is 15.5. The molecule has 6 nitrogen and oxygen atoms in total. The first-order valence-corrected chi connectivity index (χ1v) is 8.41. The highest BCUT2D eigenvalue weighted by Gasteiger charge is 2.28. The van der Waals surface area contributed by atoms with Crippen molar-refractivity contribution in [3.8, 4) is 0 Å². The van der Waals surface area contributed by atoms with Crippen molar-refractivity contribution < 1.29 is 9.90 Å². The molecule has 0 aliphatic carbocycles. The highest BCUT2D eigenvalue weighted by molar-refractivity contribution is 7.09. The Bertz CT molecular complexity index is 623. The second-order valence-corrected chi connectivity index (χ2v) is 6.81. The van der Waals surface area contributed by atoms with E-state index in [2.05, 4.69) is 10.3 Å². The highest BCUT2D eigenvalue weighted by atomic mass is 32.1. The minimum Gasteiger partial charge on any atom is -0.393 e. The zero-order valence-corrected chi connectivity index (χ0v) is 13.4. The third-order valence-corrected chi connectivity index (χ3v) is 4.94. The van der Waals surface area contributed by atoms with Crippen LogP contribution in [0.2, 0.25) is 0 Å². The number of carbonyl (C=O) groups is 1. The van der Waals surface area contributed by atoms with Crippen molar-refractivity contribution in [2.45, 2.75) is 32.4 Å². The summed E-state index contributed by atoms with van der Waals surface area (Å²) in [6.45, 7) is 3.73. The molecule has 2 aromatic rings. The van der Waals surface area contributed by atoms with Crippen molar-refractivity contribution in [3.63, 3.8) is 0 Å². The van der Waals surface area contributed by atoms with Crippen LogP contribution in [0.1, 0.15) is 35.1 Å². The van der Waals surface area contributed by atoms with E-state index in [9.17, 15) is 9.90 Å². The van der Waals surface area contributed by atoms with E-state index in [4.69, 9.17) is 0 Å². The van der Waals surface area contributed by atoms with Gasteiger partial charge >= 0.3 is 0 Å². The molecule has 0 spiro atoms. The molecule has 1 amide bonds. The zero-order chi connectivity index (χ0) is 15.5. The number of nitrogens with zero attached hydrogens (tertiary/aromatic N) is 4. The third kappa shape index (κ3) is 3.36. The van der Waals surface area contributed by atoms with Gasteiger partial charge in [-0.15, -0.1) is 16.4 Å². The number of hydrogen-bond acceptors (Lipinski definition) is 5. The number of aliphatic hydroxyl groups is 1. The van der Waals surface area contributed by atoms with Gasteiger partial charge in [-0.3, -0.25) is 4.79 Å². The second kappa shape index (κ2) is 6.58. The van der Waals surface area contributed by atoms with E-state index in [1.165, 1.54) is 4.88 Å². The minimum atomic E-state index is -0.384. The Morgan fingerprint density at radius 3 is 3.18 bits per heavy atom. The molecule has 1 aliphatic heterocycles. The third-order valence-electron chi connectivity index (χ3n) is 4.08. The van der Waals surface area contributed by atoms with E-state index in [0.29, 0.717) is 18.8 Å².